The van der Waals surface area contributed by atoms with Crippen molar-refractivity contribution in [3.8, 4) is 0 Å². The predicted molar refractivity (Wildman–Crippen MR) is 131 cm³/mol. The number of benzene rings is 2. The Labute approximate surface area is 187 Å². The van der Waals surface area contributed by atoms with Crippen LogP contribution in [0.5, 0.6) is 0 Å². The van der Waals surface area contributed by atoms with Gasteiger partial charge in [-0.2, -0.15) is 0 Å². The summed E-state index contributed by atoms with van der Waals surface area (Å²) in [5, 5.41) is 6.85. The molecule has 0 saturated carbocycles. The largest absolute Gasteiger partial charge is 0.423 e. The van der Waals surface area contributed by atoms with E-state index in [9.17, 15) is 4.79 Å². The summed E-state index contributed by atoms with van der Waals surface area (Å²) in [6, 6.07) is 19.8. The van der Waals surface area contributed by atoms with Crippen molar-refractivity contribution < 1.29 is 4.42 Å². The van der Waals surface area contributed by atoms with Gasteiger partial charge < -0.3 is 14.6 Å². The first-order valence-electron chi connectivity index (χ1n) is 11.3. The third kappa shape index (κ3) is 4.32. The van der Waals surface area contributed by atoms with E-state index in [1.807, 2.05) is 24.3 Å². The molecule has 32 heavy (non-hydrogen) atoms. The third-order valence-corrected chi connectivity index (χ3v) is 6.14. The fraction of sp³-hybridized carbons (Fsp3) is 0.308. The van der Waals surface area contributed by atoms with Gasteiger partial charge in [-0.15, -0.1) is 0 Å². The van der Waals surface area contributed by atoms with E-state index < -0.39 is 0 Å². The van der Waals surface area contributed by atoms with Crippen molar-refractivity contribution in [2.45, 2.75) is 13.3 Å². The topological polar surface area (TPSA) is 61.6 Å². The van der Waals surface area contributed by atoms with Gasteiger partial charge in [0.25, 0.3) is 0 Å². The number of pyridine rings is 1. The Morgan fingerprint density at radius 1 is 0.969 bits per heavy atom. The van der Waals surface area contributed by atoms with E-state index in [0.29, 0.717) is 5.58 Å². The van der Waals surface area contributed by atoms with Crippen molar-refractivity contribution in [2.75, 3.05) is 49.5 Å². The first kappa shape index (κ1) is 20.5. The number of nitrogens with one attached hydrogen (secondary N) is 1. The number of nitrogens with zero attached hydrogens (tertiary/aromatic N) is 3. The van der Waals surface area contributed by atoms with Crippen LogP contribution in [0.15, 0.2) is 69.9 Å². The first-order chi connectivity index (χ1) is 15.7. The molecule has 0 radical (unpaired) electrons. The summed E-state index contributed by atoms with van der Waals surface area (Å²) >= 11 is 0. The number of aryl methyl sites for hydroxylation is 1. The van der Waals surface area contributed by atoms with Crippen LogP contribution in [0.25, 0.3) is 21.7 Å². The third-order valence-electron chi connectivity index (χ3n) is 6.14. The van der Waals surface area contributed by atoms with Crippen LogP contribution in [0, 0.1) is 6.92 Å². The molecule has 0 amide bonds. The zero-order valence-corrected chi connectivity index (χ0v) is 18.4. The molecule has 1 aliphatic rings. The lowest BCUT2D eigenvalue weighted by atomic mass is 10.1. The van der Waals surface area contributed by atoms with Crippen LogP contribution in [0.1, 0.15) is 12.1 Å². The molecule has 6 heteroatoms. The van der Waals surface area contributed by atoms with Crippen molar-refractivity contribution in [1.29, 1.82) is 0 Å². The molecule has 1 N–H and O–H groups in total. The molecule has 2 aromatic heterocycles. The van der Waals surface area contributed by atoms with Crippen molar-refractivity contribution >= 4 is 33.2 Å². The highest BCUT2D eigenvalue weighted by Crippen LogP contribution is 2.26. The van der Waals surface area contributed by atoms with E-state index in [2.05, 4.69) is 52.4 Å². The van der Waals surface area contributed by atoms with Gasteiger partial charge in [-0.3, -0.25) is 4.90 Å². The van der Waals surface area contributed by atoms with Gasteiger partial charge in [0.1, 0.15) is 11.4 Å². The van der Waals surface area contributed by atoms with Gasteiger partial charge in [0.15, 0.2) is 0 Å². The molecule has 0 atom stereocenters. The highest BCUT2D eigenvalue weighted by atomic mass is 16.4. The molecule has 3 heterocycles. The summed E-state index contributed by atoms with van der Waals surface area (Å²) in [5.41, 5.74) is 2.21. The second-order valence-corrected chi connectivity index (χ2v) is 8.39. The predicted octanol–water partition coefficient (Wildman–Crippen LogP) is 4.27. The lowest BCUT2D eigenvalue weighted by Gasteiger charge is -2.36. The van der Waals surface area contributed by atoms with Crippen LogP contribution in [-0.2, 0) is 0 Å². The average molecular weight is 429 g/mol. The standard InChI is InChI=1S/C26H28N4O2/c1-19-17-20-7-2-3-8-21(20)26(28-19)30-15-13-29(14-16-30)12-6-11-27-23-18-25(31)32-24-10-5-4-9-22(23)24/h2-5,7-10,17-18,27H,6,11-16H2,1H3. The molecule has 2 aromatic carbocycles. The molecule has 5 rings (SSSR count). The lowest BCUT2D eigenvalue weighted by molar-refractivity contribution is 0.257. The van der Waals surface area contributed by atoms with Crippen LogP contribution in [0.4, 0.5) is 11.5 Å². The molecule has 0 spiro atoms. The van der Waals surface area contributed by atoms with Gasteiger partial charge in [-0.05, 0) is 43.5 Å². The zero-order chi connectivity index (χ0) is 21.9. The van der Waals surface area contributed by atoms with E-state index >= 15 is 0 Å². The van der Waals surface area contributed by atoms with Crippen LogP contribution >= 0.6 is 0 Å². The molecular formula is C26H28N4O2. The van der Waals surface area contributed by atoms with E-state index in [4.69, 9.17) is 9.40 Å². The van der Waals surface area contributed by atoms with Crippen molar-refractivity contribution in [3.63, 3.8) is 0 Å². The smallest absolute Gasteiger partial charge is 0.338 e. The zero-order valence-electron chi connectivity index (χ0n) is 18.4. The summed E-state index contributed by atoms with van der Waals surface area (Å²) in [6.07, 6.45) is 1.01. The Bertz CT molecular complexity index is 1290. The van der Waals surface area contributed by atoms with Crippen molar-refractivity contribution in [2.24, 2.45) is 0 Å². The average Bonchev–Trinajstić information content (AvgIpc) is 2.81. The summed E-state index contributed by atoms with van der Waals surface area (Å²) in [7, 11) is 0. The Morgan fingerprint density at radius 2 is 1.72 bits per heavy atom. The summed E-state index contributed by atoms with van der Waals surface area (Å²) in [6.45, 7) is 7.94. The first-order valence-corrected chi connectivity index (χ1v) is 11.3. The SMILES string of the molecule is Cc1cc2ccccc2c(N2CCN(CCCNc3cc(=O)oc4ccccc34)CC2)n1. The number of rotatable bonds is 6. The van der Waals surface area contributed by atoms with Gasteiger partial charge in [-0.1, -0.05) is 36.4 Å². The van der Waals surface area contributed by atoms with Crippen LogP contribution in [-0.4, -0.2) is 49.2 Å². The molecule has 6 nitrogen and oxygen atoms in total. The molecular weight excluding hydrogens is 400 g/mol. The molecule has 0 aliphatic carbocycles. The Balaban J connectivity index is 1.16. The number of aromatic nitrogens is 1. The number of hydrogen-bond acceptors (Lipinski definition) is 6. The molecule has 1 fully saturated rings. The normalized spacial score (nSPS) is 14.8. The molecule has 1 aliphatic heterocycles. The van der Waals surface area contributed by atoms with Gasteiger partial charge in [-0.25, -0.2) is 9.78 Å². The van der Waals surface area contributed by atoms with E-state index in [1.165, 1.54) is 10.8 Å². The van der Waals surface area contributed by atoms with E-state index in [-0.39, 0.29) is 5.63 Å². The summed E-state index contributed by atoms with van der Waals surface area (Å²) in [5.74, 6) is 1.11. The number of para-hydroxylation sites is 1. The van der Waals surface area contributed by atoms with Gasteiger partial charge in [0.05, 0.1) is 5.69 Å². The highest BCUT2D eigenvalue weighted by molar-refractivity contribution is 5.92. The molecule has 164 valence electrons. The molecule has 0 bridgehead atoms. The number of fused-ring (bicyclic) bond motifs is 2. The maximum absolute atomic E-state index is 11.8. The fourth-order valence-corrected chi connectivity index (χ4v) is 4.52. The van der Waals surface area contributed by atoms with E-state index in [0.717, 1.165) is 68.3 Å². The quantitative estimate of drug-likeness (QED) is 0.366. The molecule has 0 unspecified atom stereocenters. The minimum absolute atomic E-state index is 0.320. The number of piperazine rings is 1. The number of anilines is 2. The monoisotopic (exact) mass is 428 g/mol. The van der Waals surface area contributed by atoms with E-state index in [1.54, 1.807) is 6.07 Å². The molecule has 1 saturated heterocycles. The maximum atomic E-state index is 11.8. The lowest BCUT2D eigenvalue weighted by Crippen LogP contribution is -2.47. The second kappa shape index (κ2) is 9.01. The summed E-state index contributed by atoms with van der Waals surface area (Å²) < 4.78 is 5.27. The second-order valence-electron chi connectivity index (χ2n) is 8.39. The van der Waals surface area contributed by atoms with Gasteiger partial charge in [0.2, 0.25) is 0 Å². The van der Waals surface area contributed by atoms with Crippen LogP contribution in [0.3, 0.4) is 0 Å². The maximum Gasteiger partial charge on any atom is 0.338 e. The minimum Gasteiger partial charge on any atom is -0.423 e. The van der Waals surface area contributed by atoms with Crippen LogP contribution in [0.2, 0.25) is 0 Å². The minimum atomic E-state index is -0.320. The van der Waals surface area contributed by atoms with Crippen molar-refractivity contribution in [3.05, 3.63) is 76.8 Å². The Morgan fingerprint density at radius 3 is 2.56 bits per heavy atom. The Hall–Kier alpha value is -3.38. The van der Waals surface area contributed by atoms with Crippen molar-refractivity contribution in [1.82, 2.24) is 9.88 Å². The fourth-order valence-electron chi connectivity index (χ4n) is 4.52. The van der Waals surface area contributed by atoms with Crippen LogP contribution < -0.4 is 15.8 Å². The van der Waals surface area contributed by atoms with Gasteiger partial charge >= 0.3 is 5.63 Å². The summed E-state index contributed by atoms with van der Waals surface area (Å²) in [4.78, 5) is 21.6. The highest BCUT2D eigenvalue weighted by Gasteiger charge is 2.19. The number of hydrogen-bond donors (Lipinski definition) is 1. The molecule has 4 aromatic rings. The van der Waals surface area contributed by atoms with Gasteiger partial charge in [0, 0.05) is 55.3 Å². The Kier molecular flexibility index (Phi) is 5.77.